The molecule has 0 aliphatic carbocycles. The van der Waals surface area contributed by atoms with E-state index >= 15 is 0 Å². The van der Waals surface area contributed by atoms with Gasteiger partial charge in [0, 0.05) is 6.54 Å². The van der Waals surface area contributed by atoms with Crippen molar-refractivity contribution in [1.82, 2.24) is 10.6 Å². The van der Waals surface area contributed by atoms with Crippen LogP contribution in [0, 0.1) is 5.92 Å². The second-order valence-electron chi connectivity index (χ2n) is 6.17. The first-order valence-electron chi connectivity index (χ1n) is 8.15. The predicted molar refractivity (Wildman–Crippen MR) is 95.0 cm³/mol. The van der Waals surface area contributed by atoms with Crippen LogP contribution in [0.1, 0.15) is 19.4 Å². The molecule has 0 bridgehead atoms. The van der Waals surface area contributed by atoms with Crippen LogP contribution < -0.4 is 10.6 Å². The van der Waals surface area contributed by atoms with E-state index in [9.17, 15) is 14.4 Å². The molecule has 0 spiro atoms. The Hall–Kier alpha value is -2.89. The Morgan fingerprint density at radius 2 is 1.76 bits per heavy atom. The maximum atomic E-state index is 11.9. The quantitative estimate of drug-likeness (QED) is 0.790. The van der Waals surface area contributed by atoms with Crippen molar-refractivity contribution in [1.29, 1.82) is 0 Å². The molecule has 6 heteroatoms. The first-order chi connectivity index (χ1) is 11.9. The fourth-order valence-corrected chi connectivity index (χ4v) is 2.22. The van der Waals surface area contributed by atoms with Crippen LogP contribution in [0.15, 0.2) is 42.5 Å². The van der Waals surface area contributed by atoms with Gasteiger partial charge in [0.05, 0.1) is 6.42 Å². The first kappa shape index (κ1) is 18.4. The molecular weight excluding hydrogens is 320 g/mol. The lowest BCUT2D eigenvalue weighted by Crippen LogP contribution is -2.42. The molecule has 0 aliphatic heterocycles. The number of rotatable bonds is 6. The maximum Gasteiger partial charge on any atom is 0.321 e. The number of carbonyl (C=O) groups is 3. The average molecular weight is 342 g/mol. The van der Waals surface area contributed by atoms with Gasteiger partial charge in [-0.15, -0.1) is 0 Å². The molecule has 0 atom stereocenters. The molecule has 0 unspecified atom stereocenters. The molecule has 0 fully saturated rings. The summed E-state index contributed by atoms with van der Waals surface area (Å²) >= 11 is 0. The molecule has 0 aromatic heterocycles. The van der Waals surface area contributed by atoms with Crippen molar-refractivity contribution in [3.8, 4) is 0 Å². The molecule has 0 saturated carbocycles. The van der Waals surface area contributed by atoms with Crippen molar-refractivity contribution in [2.75, 3.05) is 13.2 Å². The van der Waals surface area contributed by atoms with Crippen molar-refractivity contribution in [2.45, 2.75) is 20.3 Å². The summed E-state index contributed by atoms with van der Waals surface area (Å²) in [6, 6.07) is 12.9. The molecule has 2 aromatic rings. The zero-order valence-corrected chi connectivity index (χ0v) is 14.4. The first-order valence-corrected chi connectivity index (χ1v) is 8.15. The number of carbonyl (C=O) groups excluding carboxylic acids is 3. The number of imide groups is 1. The van der Waals surface area contributed by atoms with Crippen LogP contribution in [0.5, 0.6) is 0 Å². The fraction of sp³-hybridized carbons (Fsp3) is 0.316. The van der Waals surface area contributed by atoms with Crippen LogP contribution in [0.2, 0.25) is 0 Å². The number of esters is 1. The number of amides is 3. The van der Waals surface area contributed by atoms with Crippen molar-refractivity contribution in [3.63, 3.8) is 0 Å². The Kier molecular flexibility index (Phi) is 6.51. The van der Waals surface area contributed by atoms with Gasteiger partial charge in [0.25, 0.3) is 5.91 Å². The van der Waals surface area contributed by atoms with E-state index in [1.54, 1.807) is 0 Å². The zero-order valence-electron chi connectivity index (χ0n) is 14.4. The molecule has 2 aromatic carbocycles. The van der Waals surface area contributed by atoms with Crippen molar-refractivity contribution in [3.05, 3.63) is 48.0 Å². The smallest absolute Gasteiger partial charge is 0.321 e. The van der Waals surface area contributed by atoms with Gasteiger partial charge in [-0.25, -0.2) is 4.79 Å². The van der Waals surface area contributed by atoms with E-state index in [-0.39, 0.29) is 12.3 Å². The number of hydrogen-bond acceptors (Lipinski definition) is 4. The molecule has 132 valence electrons. The van der Waals surface area contributed by atoms with Crippen molar-refractivity contribution >= 4 is 28.7 Å². The monoisotopic (exact) mass is 342 g/mol. The summed E-state index contributed by atoms with van der Waals surface area (Å²) in [6.07, 6.45) is 0.0671. The van der Waals surface area contributed by atoms with Crippen LogP contribution in [0.4, 0.5) is 4.79 Å². The summed E-state index contributed by atoms with van der Waals surface area (Å²) in [5, 5.41) is 6.78. The van der Waals surface area contributed by atoms with Gasteiger partial charge in [0.1, 0.15) is 0 Å². The van der Waals surface area contributed by atoms with Gasteiger partial charge < -0.3 is 10.1 Å². The molecule has 2 rings (SSSR count). The summed E-state index contributed by atoms with van der Waals surface area (Å²) < 4.78 is 4.92. The third-order valence-electron chi connectivity index (χ3n) is 3.45. The van der Waals surface area contributed by atoms with Crippen molar-refractivity contribution < 1.29 is 19.1 Å². The second kappa shape index (κ2) is 8.82. The summed E-state index contributed by atoms with van der Waals surface area (Å²) in [6.45, 7) is 3.86. The molecule has 0 radical (unpaired) electrons. The Bertz CT molecular complexity index is 771. The van der Waals surface area contributed by atoms with Gasteiger partial charge >= 0.3 is 12.0 Å². The van der Waals surface area contributed by atoms with Gasteiger partial charge in [0.15, 0.2) is 6.61 Å². The highest BCUT2D eigenvalue weighted by Gasteiger charge is 2.11. The topological polar surface area (TPSA) is 84.5 Å². The largest absolute Gasteiger partial charge is 0.455 e. The Morgan fingerprint density at radius 1 is 1.04 bits per heavy atom. The lowest BCUT2D eigenvalue weighted by atomic mass is 10.1. The van der Waals surface area contributed by atoms with Crippen LogP contribution in [0.3, 0.4) is 0 Å². The van der Waals surface area contributed by atoms with Crippen LogP contribution in [-0.2, 0) is 20.7 Å². The van der Waals surface area contributed by atoms with Crippen LogP contribution in [0.25, 0.3) is 10.8 Å². The predicted octanol–water partition coefficient (Wildman–Crippen LogP) is 2.41. The summed E-state index contributed by atoms with van der Waals surface area (Å²) in [4.78, 5) is 34.9. The number of hydrogen-bond donors (Lipinski definition) is 2. The highest BCUT2D eigenvalue weighted by molar-refractivity contribution is 5.95. The number of urea groups is 1. The number of benzene rings is 2. The van der Waals surface area contributed by atoms with Gasteiger partial charge in [-0.1, -0.05) is 56.3 Å². The SMILES string of the molecule is CC(C)CNC(=O)NC(=O)COC(=O)Cc1ccc2ccccc2c1. The van der Waals surface area contributed by atoms with Gasteiger partial charge in [-0.05, 0) is 22.3 Å². The molecule has 6 nitrogen and oxygen atoms in total. The second-order valence-corrected chi connectivity index (χ2v) is 6.17. The lowest BCUT2D eigenvalue weighted by Gasteiger charge is -2.09. The van der Waals surface area contributed by atoms with Crippen LogP contribution in [-0.4, -0.2) is 31.1 Å². The van der Waals surface area contributed by atoms with E-state index in [1.807, 2.05) is 56.3 Å². The van der Waals surface area contributed by atoms with E-state index in [0.29, 0.717) is 6.54 Å². The highest BCUT2D eigenvalue weighted by Crippen LogP contribution is 2.16. The molecule has 3 amide bonds. The number of ether oxygens (including phenoxy) is 1. The number of fused-ring (bicyclic) bond motifs is 1. The van der Waals surface area contributed by atoms with Crippen molar-refractivity contribution in [2.24, 2.45) is 5.92 Å². The minimum atomic E-state index is -0.659. The Balaban J connectivity index is 1.77. The summed E-state index contributed by atoms with van der Waals surface area (Å²) in [5.74, 6) is -0.901. The maximum absolute atomic E-state index is 11.9. The fourth-order valence-electron chi connectivity index (χ4n) is 2.22. The zero-order chi connectivity index (χ0) is 18.2. The third-order valence-corrected chi connectivity index (χ3v) is 3.45. The van der Waals surface area contributed by atoms with Gasteiger partial charge in [-0.2, -0.15) is 0 Å². The molecule has 0 heterocycles. The molecule has 0 aliphatic rings. The Morgan fingerprint density at radius 3 is 2.48 bits per heavy atom. The number of nitrogens with one attached hydrogen (secondary N) is 2. The third kappa shape index (κ3) is 6.25. The van der Waals surface area contributed by atoms with E-state index < -0.39 is 24.5 Å². The van der Waals surface area contributed by atoms with Crippen LogP contribution >= 0.6 is 0 Å². The summed E-state index contributed by atoms with van der Waals surface area (Å²) in [7, 11) is 0. The van der Waals surface area contributed by atoms with E-state index in [1.165, 1.54) is 0 Å². The lowest BCUT2D eigenvalue weighted by molar-refractivity contribution is -0.147. The molecular formula is C19H22N2O4. The minimum absolute atomic E-state index is 0.0671. The molecule has 2 N–H and O–H groups in total. The average Bonchev–Trinajstić information content (AvgIpc) is 2.58. The van der Waals surface area contributed by atoms with Gasteiger partial charge in [0.2, 0.25) is 0 Å². The highest BCUT2D eigenvalue weighted by atomic mass is 16.5. The van der Waals surface area contributed by atoms with E-state index in [2.05, 4.69) is 10.6 Å². The van der Waals surface area contributed by atoms with E-state index in [0.717, 1.165) is 16.3 Å². The van der Waals surface area contributed by atoms with Gasteiger partial charge in [-0.3, -0.25) is 14.9 Å². The Labute approximate surface area is 146 Å². The summed E-state index contributed by atoms with van der Waals surface area (Å²) in [5.41, 5.74) is 0.804. The minimum Gasteiger partial charge on any atom is -0.455 e. The molecule has 0 saturated heterocycles. The standard InChI is InChI=1S/C19H22N2O4/c1-13(2)11-20-19(24)21-17(22)12-25-18(23)10-14-7-8-15-5-3-4-6-16(15)9-14/h3-9,13H,10-12H2,1-2H3,(H2,20,21,22,24). The normalized spacial score (nSPS) is 10.5. The molecule has 25 heavy (non-hydrogen) atoms. The van der Waals surface area contributed by atoms with E-state index in [4.69, 9.17) is 4.74 Å².